The Morgan fingerprint density at radius 3 is 2.06 bits per heavy atom. The summed E-state index contributed by atoms with van der Waals surface area (Å²) in [4.78, 5) is 0. The van der Waals surface area contributed by atoms with Gasteiger partial charge in [-0.3, -0.25) is 5.32 Å². The normalized spacial score (nSPS) is 15.8. The Morgan fingerprint density at radius 1 is 1.06 bits per heavy atom. The Kier molecular flexibility index (Phi) is 8.90. The predicted molar refractivity (Wildman–Crippen MR) is 68.5 cm³/mol. The van der Waals surface area contributed by atoms with Gasteiger partial charge in [-0.25, -0.2) is 0 Å². The molecule has 0 aromatic rings. The summed E-state index contributed by atoms with van der Waals surface area (Å²) in [5, 5.41) is 3.19. The molecule has 0 aromatic carbocycles. The third-order valence-corrected chi connectivity index (χ3v) is 2.36. The van der Waals surface area contributed by atoms with Crippen molar-refractivity contribution in [2.24, 2.45) is 11.8 Å². The lowest BCUT2D eigenvalue weighted by molar-refractivity contribution is -0.108. The lowest BCUT2D eigenvalue weighted by Gasteiger charge is -2.30. The molecule has 0 spiro atoms. The maximum atomic E-state index is 5.93. The summed E-state index contributed by atoms with van der Waals surface area (Å²) in [5.74, 6) is 1.01. The molecule has 0 amide bonds. The first-order chi connectivity index (χ1) is 7.52. The first-order valence-electron chi connectivity index (χ1n) is 6.43. The van der Waals surface area contributed by atoms with E-state index in [-0.39, 0.29) is 12.3 Å². The van der Waals surface area contributed by atoms with Crippen molar-refractivity contribution in [1.82, 2.24) is 5.32 Å². The molecule has 3 heteroatoms. The van der Waals surface area contributed by atoms with Crippen LogP contribution in [0.3, 0.4) is 0 Å². The van der Waals surface area contributed by atoms with E-state index in [4.69, 9.17) is 9.47 Å². The molecule has 0 bridgehead atoms. The molecule has 0 radical (unpaired) electrons. The van der Waals surface area contributed by atoms with Crippen LogP contribution in [0.15, 0.2) is 0 Å². The Balaban J connectivity index is 4.23. The molecule has 0 aliphatic carbocycles. The topological polar surface area (TPSA) is 30.5 Å². The Hall–Kier alpha value is -0.120. The summed E-state index contributed by atoms with van der Waals surface area (Å²) in [5.41, 5.74) is 0. The van der Waals surface area contributed by atoms with Gasteiger partial charge in [-0.1, -0.05) is 34.6 Å². The van der Waals surface area contributed by atoms with Crippen molar-refractivity contribution in [3.05, 3.63) is 0 Å². The second kappa shape index (κ2) is 8.97. The second-order valence-corrected chi connectivity index (χ2v) is 5.02. The molecular formula is C13H29NO2. The van der Waals surface area contributed by atoms with Crippen LogP contribution in [0.5, 0.6) is 0 Å². The van der Waals surface area contributed by atoms with E-state index in [1.54, 1.807) is 0 Å². The molecule has 0 saturated carbocycles. The fourth-order valence-electron chi connectivity index (χ4n) is 1.52. The average Bonchev–Trinajstić information content (AvgIpc) is 2.21. The van der Waals surface area contributed by atoms with Crippen LogP contribution in [0.2, 0.25) is 0 Å². The minimum atomic E-state index is -0.00120. The molecule has 98 valence electrons. The first kappa shape index (κ1) is 15.9. The number of rotatable bonds is 9. The van der Waals surface area contributed by atoms with E-state index >= 15 is 0 Å². The van der Waals surface area contributed by atoms with Gasteiger partial charge in [0.15, 0.2) is 0 Å². The third-order valence-electron chi connectivity index (χ3n) is 2.36. The highest BCUT2D eigenvalue weighted by atomic mass is 16.5. The van der Waals surface area contributed by atoms with Crippen molar-refractivity contribution < 1.29 is 9.47 Å². The van der Waals surface area contributed by atoms with Crippen LogP contribution in [-0.4, -0.2) is 32.6 Å². The monoisotopic (exact) mass is 231 g/mol. The maximum Gasteiger partial charge on any atom is 0.134 e. The molecule has 3 nitrogen and oxygen atoms in total. The van der Waals surface area contributed by atoms with Crippen molar-refractivity contribution >= 4 is 0 Å². The van der Waals surface area contributed by atoms with E-state index in [0.29, 0.717) is 11.8 Å². The molecule has 0 rings (SSSR count). The van der Waals surface area contributed by atoms with Crippen LogP contribution in [0.1, 0.15) is 41.0 Å². The van der Waals surface area contributed by atoms with Gasteiger partial charge in [-0.05, 0) is 25.3 Å². The van der Waals surface area contributed by atoms with Gasteiger partial charge in [0.1, 0.15) is 6.23 Å². The highest BCUT2D eigenvalue weighted by Crippen LogP contribution is 2.14. The SMILES string of the molecule is CCCOC(NC)C(OCC(C)C)C(C)C. The van der Waals surface area contributed by atoms with E-state index in [0.717, 1.165) is 19.6 Å². The quantitative estimate of drug-likeness (QED) is 0.619. The summed E-state index contributed by atoms with van der Waals surface area (Å²) >= 11 is 0. The van der Waals surface area contributed by atoms with Crippen molar-refractivity contribution in [2.75, 3.05) is 20.3 Å². The Morgan fingerprint density at radius 2 is 1.69 bits per heavy atom. The molecule has 0 saturated heterocycles. The minimum absolute atomic E-state index is 0.00120. The smallest absolute Gasteiger partial charge is 0.134 e. The molecule has 2 atom stereocenters. The van der Waals surface area contributed by atoms with E-state index in [2.05, 4.69) is 39.9 Å². The van der Waals surface area contributed by atoms with Crippen molar-refractivity contribution in [3.8, 4) is 0 Å². The van der Waals surface area contributed by atoms with Gasteiger partial charge in [0.05, 0.1) is 6.10 Å². The zero-order chi connectivity index (χ0) is 12.6. The van der Waals surface area contributed by atoms with Gasteiger partial charge in [0.25, 0.3) is 0 Å². The molecular weight excluding hydrogens is 202 g/mol. The molecule has 0 aliphatic heterocycles. The zero-order valence-corrected chi connectivity index (χ0v) is 11.7. The third kappa shape index (κ3) is 6.46. The predicted octanol–water partition coefficient (Wildman–Crippen LogP) is 2.66. The second-order valence-electron chi connectivity index (χ2n) is 5.02. The number of ether oxygens (including phenoxy) is 2. The number of hydrogen-bond acceptors (Lipinski definition) is 3. The van der Waals surface area contributed by atoms with E-state index < -0.39 is 0 Å². The van der Waals surface area contributed by atoms with Gasteiger partial charge in [0, 0.05) is 13.2 Å². The molecule has 16 heavy (non-hydrogen) atoms. The van der Waals surface area contributed by atoms with E-state index in [1.165, 1.54) is 0 Å². The fourth-order valence-corrected chi connectivity index (χ4v) is 1.52. The summed E-state index contributed by atoms with van der Waals surface area (Å²) in [6, 6.07) is 0. The van der Waals surface area contributed by atoms with E-state index in [1.807, 2.05) is 7.05 Å². The van der Waals surface area contributed by atoms with Crippen LogP contribution >= 0.6 is 0 Å². The van der Waals surface area contributed by atoms with E-state index in [9.17, 15) is 0 Å². The van der Waals surface area contributed by atoms with Crippen LogP contribution < -0.4 is 5.32 Å². The molecule has 0 aliphatic rings. The molecule has 2 unspecified atom stereocenters. The molecule has 1 N–H and O–H groups in total. The maximum absolute atomic E-state index is 5.93. The number of hydrogen-bond donors (Lipinski definition) is 1. The van der Waals surface area contributed by atoms with Crippen LogP contribution in [0.25, 0.3) is 0 Å². The van der Waals surface area contributed by atoms with Crippen LogP contribution in [-0.2, 0) is 9.47 Å². The largest absolute Gasteiger partial charge is 0.374 e. The van der Waals surface area contributed by atoms with Crippen molar-refractivity contribution in [3.63, 3.8) is 0 Å². The standard InChI is InChI=1S/C13H29NO2/c1-7-8-15-13(14-6)12(11(4)5)16-9-10(2)3/h10-14H,7-9H2,1-6H3. The highest BCUT2D eigenvalue weighted by Gasteiger charge is 2.24. The fraction of sp³-hybridized carbons (Fsp3) is 1.00. The highest BCUT2D eigenvalue weighted by molar-refractivity contribution is 4.71. The zero-order valence-electron chi connectivity index (χ0n) is 11.7. The van der Waals surface area contributed by atoms with Gasteiger partial charge in [0.2, 0.25) is 0 Å². The van der Waals surface area contributed by atoms with Gasteiger partial charge >= 0.3 is 0 Å². The summed E-state index contributed by atoms with van der Waals surface area (Å²) in [7, 11) is 1.93. The lowest BCUT2D eigenvalue weighted by Crippen LogP contribution is -2.45. The Labute approximate surface area is 101 Å². The first-order valence-corrected chi connectivity index (χ1v) is 6.43. The van der Waals surface area contributed by atoms with Gasteiger partial charge < -0.3 is 9.47 Å². The average molecular weight is 231 g/mol. The van der Waals surface area contributed by atoms with Crippen LogP contribution in [0.4, 0.5) is 0 Å². The number of nitrogens with one attached hydrogen (secondary N) is 1. The Bertz CT molecular complexity index is 160. The van der Waals surface area contributed by atoms with Gasteiger partial charge in [-0.15, -0.1) is 0 Å². The molecule has 0 fully saturated rings. The van der Waals surface area contributed by atoms with Crippen LogP contribution in [0, 0.1) is 11.8 Å². The lowest BCUT2D eigenvalue weighted by atomic mass is 10.1. The summed E-state index contributed by atoms with van der Waals surface area (Å²) in [6.45, 7) is 12.4. The molecule has 0 aromatic heterocycles. The van der Waals surface area contributed by atoms with Crippen molar-refractivity contribution in [1.29, 1.82) is 0 Å². The minimum Gasteiger partial charge on any atom is -0.374 e. The number of likely N-dealkylation sites (N-methyl/N-ethyl adjacent to an activating group) is 1. The molecule has 0 heterocycles. The summed E-state index contributed by atoms with van der Waals surface area (Å²) in [6.07, 6.45) is 1.16. The summed E-state index contributed by atoms with van der Waals surface area (Å²) < 4.78 is 11.7. The van der Waals surface area contributed by atoms with Gasteiger partial charge in [-0.2, -0.15) is 0 Å². The van der Waals surface area contributed by atoms with Crippen molar-refractivity contribution in [2.45, 2.75) is 53.4 Å².